The predicted molar refractivity (Wildman–Crippen MR) is 63.1 cm³/mol. The van der Waals surface area contributed by atoms with E-state index in [1.54, 1.807) is 0 Å². The Labute approximate surface area is 96.6 Å². The molecule has 0 aromatic heterocycles. The van der Waals surface area contributed by atoms with Crippen LogP contribution in [0.15, 0.2) is 30.3 Å². The summed E-state index contributed by atoms with van der Waals surface area (Å²) >= 11 is 0. The van der Waals surface area contributed by atoms with Crippen molar-refractivity contribution in [2.75, 3.05) is 6.61 Å². The number of ether oxygens (including phenoxy) is 1. The highest BCUT2D eigenvalue weighted by atomic mass is 16.5. The Balaban J connectivity index is 1.60. The molecule has 1 fully saturated rings. The van der Waals surface area contributed by atoms with Crippen LogP contribution in [-0.4, -0.2) is 12.4 Å². The largest absolute Gasteiger partial charge is 0.377 e. The van der Waals surface area contributed by atoms with E-state index in [2.05, 4.69) is 12.1 Å². The Morgan fingerprint density at radius 2 is 2.06 bits per heavy atom. The van der Waals surface area contributed by atoms with Crippen LogP contribution >= 0.6 is 0 Å². The van der Waals surface area contributed by atoms with Crippen LogP contribution in [-0.2, 0) is 16.1 Å². The average molecular weight is 218 g/mol. The smallest absolute Gasteiger partial charge is 0.133 e. The van der Waals surface area contributed by atoms with Gasteiger partial charge in [0.05, 0.1) is 6.61 Å². The van der Waals surface area contributed by atoms with Gasteiger partial charge in [-0.25, -0.2) is 0 Å². The molecule has 1 atom stereocenters. The van der Waals surface area contributed by atoms with Crippen molar-refractivity contribution in [3.05, 3.63) is 35.9 Å². The number of carbonyl (C=O) groups excluding carboxylic acids is 1. The Hall–Kier alpha value is -1.15. The number of hydrogen-bond acceptors (Lipinski definition) is 2. The Kier molecular flexibility index (Phi) is 4.11. The number of carbonyl (C=O) groups is 1. The van der Waals surface area contributed by atoms with E-state index < -0.39 is 0 Å². The van der Waals surface area contributed by atoms with Crippen LogP contribution in [0.2, 0.25) is 0 Å². The van der Waals surface area contributed by atoms with E-state index in [0.29, 0.717) is 18.3 Å². The standard InChI is InChI=1S/C14H18O2/c15-14-7-6-12(10-14)8-9-16-11-13-4-2-1-3-5-13/h1-5,12H,6-11H2. The molecule has 86 valence electrons. The van der Waals surface area contributed by atoms with Crippen LogP contribution in [0.5, 0.6) is 0 Å². The highest BCUT2D eigenvalue weighted by Crippen LogP contribution is 2.24. The molecule has 1 saturated carbocycles. The first kappa shape index (κ1) is 11.3. The van der Waals surface area contributed by atoms with Crippen molar-refractivity contribution < 1.29 is 9.53 Å². The van der Waals surface area contributed by atoms with Gasteiger partial charge in [-0.2, -0.15) is 0 Å². The molecule has 0 bridgehead atoms. The average Bonchev–Trinajstić information content (AvgIpc) is 2.72. The van der Waals surface area contributed by atoms with E-state index in [-0.39, 0.29) is 0 Å². The molecule has 0 N–H and O–H groups in total. The third kappa shape index (κ3) is 3.46. The molecule has 0 aliphatic heterocycles. The molecule has 0 saturated heterocycles. The number of ketones is 1. The fourth-order valence-electron chi connectivity index (χ4n) is 2.15. The molecular weight excluding hydrogens is 200 g/mol. The molecule has 0 spiro atoms. The molecule has 1 unspecified atom stereocenters. The molecule has 1 aromatic carbocycles. The highest BCUT2D eigenvalue weighted by molar-refractivity contribution is 5.80. The molecule has 2 nitrogen and oxygen atoms in total. The van der Waals surface area contributed by atoms with E-state index in [1.165, 1.54) is 5.56 Å². The van der Waals surface area contributed by atoms with Gasteiger partial charge in [0.2, 0.25) is 0 Å². The maximum absolute atomic E-state index is 11.1. The zero-order chi connectivity index (χ0) is 11.2. The van der Waals surface area contributed by atoms with E-state index in [4.69, 9.17) is 4.74 Å². The minimum atomic E-state index is 0.424. The van der Waals surface area contributed by atoms with Gasteiger partial charge < -0.3 is 4.74 Å². The lowest BCUT2D eigenvalue weighted by Gasteiger charge is -2.08. The van der Waals surface area contributed by atoms with Crippen LogP contribution in [0.4, 0.5) is 0 Å². The SMILES string of the molecule is O=C1CCC(CCOCc2ccccc2)C1. The third-order valence-electron chi connectivity index (χ3n) is 3.13. The lowest BCUT2D eigenvalue weighted by Crippen LogP contribution is -2.02. The van der Waals surface area contributed by atoms with E-state index >= 15 is 0 Å². The number of rotatable bonds is 5. The summed E-state index contributed by atoms with van der Waals surface area (Å²) in [4.78, 5) is 11.1. The fourth-order valence-corrected chi connectivity index (χ4v) is 2.15. The van der Waals surface area contributed by atoms with Gasteiger partial charge in [-0.15, -0.1) is 0 Å². The minimum absolute atomic E-state index is 0.424. The molecule has 1 aliphatic rings. The first-order chi connectivity index (χ1) is 7.84. The second kappa shape index (κ2) is 5.80. The zero-order valence-electron chi connectivity index (χ0n) is 9.52. The van der Waals surface area contributed by atoms with Crippen molar-refractivity contribution in [1.29, 1.82) is 0 Å². The second-order valence-corrected chi connectivity index (χ2v) is 4.47. The zero-order valence-corrected chi connectivity index (χ0v) is 9.52. The van der Waals surface area contributed by atoms with Crippen molar-refractivity contribution in [2.45, 2.75) is 32.3 Å². The topological polar surface area (TPSA) is 26.3 Å². The summed E-state index contributed by atoms with van der Waals surface area (Å²) in [6, 6.07) is 10.2. The van der Waals surface area contributed by atoms with Crippen molar-refractivity contribution in [2.24, 2.45) is 5.92 Å². The van der Waals surface area contributed by atoms with Crippen molar-refractivity contribution in [1.82, 2.24) is 0 Å². The quantitative estimate of drug-likeness (QED) is 0.710. The first-order valence-electron chi connectivity index (χ1n) is 5.98. The normalized spacial score (nSPS) is 20.2. The van der Waals surface area contributed by atoms with Crippen LogP contribution in [0.1, 0.15) is 31.2 Å². The summed E-state index contributed by atoms with van der Waals surface area (Å²) in [6.07, 6.45) is 3.64. The summed E-state index contributed by atoms with van der Waals surface area (Å²) in [5.41, 5.74) is 1.21. The number of hydrogen-bond donors (Lipinski definition) is 0. The van der Waals surface area contributed by atoms with Gasteiger partial charge in [-0.1, -0.05) is 30.3 Å². The molecule has 1 aliphatic carbocycles. The first-order valence-corrected chi connectivity index (χ1v) is 5.98. The summed E-state index contributed by atoms with van der Waals surface area (Å²) in [5.74, 6) is 0.997. The lowest BCUT2D eigenvalue weighted by molar-refractivity contribution is -0.117. The molecule has 0 amide bonds. The van der Waals surface area contributed by atoms with Gasteiger partial charge in [0.1, 0.15) is 5.78 Å². The summed E-state index contributed by atoms with van der Waals surface area (Å²) in [5, 5.41) is 0. The van der Waals surface area contributed by atoms with Crippen molar-refractivity contribution in [3.8, 4) is 0 Å². The predicted octanol–water partition coefficient (Wildman–Crippen LogP) is 2.96. The van der Waals surface area contributed by atoms with E-state index in [0.717, 1.165) is 32.3 Å². The molecule has 16 heavy (non-hydrogen) atoms. The molecule has 2 rings (SSSR count). The van der Waals surface area contributed by atoms with Gasteiger partial charge in [-0.05, 0) is 24.3 Å². The number of benzene rings is 1. The Bertz CT molecular complexity index is 332. The maximum atomic E-state index is 11.1. The van der Waals surface area contributed by atoms with Gasteiger partial charge in [0.25, 0.3) is 0 Å². The fraction of sp³-hybridized carbons (Fsp3) is 0.500. The van der Waals surface area contributed by atoms with Gasteiger partial charge >= 0.3 is 0 Å². The van der Waals surface area contributed by atoms with Gasteiger partial charge in [0.15, 0.2) is 0 Å². The number of Topliss-reactive ketones (excluding diaryl/α,β-unsaturated/α-hetero) is 1. The van der Waals surface area contributed by atoms with E-state index in [1.807, 2.05) is 18.2 Å². The Morgan fingerprint density at radius 3 is 2.75 bits per heavy atom. The maximum Gasteiger partial charge on any atom is 0.133 e. The second-order valence-electron chi connectivity index (χ2n) is 4.47. The monoisotopic (exact) mass is 218 g/mol. The van der Waals surface area contributed by atoms with Crippen LogP contribution < -0.4 is 0 Å². The molecule has 0 radical (unpaired) electrons. The van der Waals surface area contributed by atoms with Crippen molar-refractivity contribution >= 4 is 5.78 Å². The third-order valence-corrected chi connectivity index (χ3v) is 3.13. The van der Waals surface area contributed by atoms with E-state index in [9.17, 15) is 4.79 Å². The molecule has 2 heteroatoms. The van der Waals surface area contributed by atoms with Crippen LogP contribution in [0.25, 0.3) is 0 Å². The van der Waals surface area contributed by atoms with Crippen LogP contribution in [0.3, 0.4) is 0 Å². The minimum Gasteiger partial charge on any atom is -0.377 e. The summed E-state index contributed by atoms with van der Waals surface area (Å²) < 4.78 is 5.61. The highest BCUT2D eigenvalue weighted by Gasteiger charge is 2.21. The molecular formula is C14H18O2. The lowest BCUT2D eigenvalue weighted by atomic mass is 10.1. The Morgan fingerprint density at radius 1 is 1.25 bits per heavy atom. The van der Waals surface area contributed by atoms with Crippen LogP contribution in [0, 0.1) is 5.92 Å². The molecule has 1 aromatic rings. The summed E-state index contributed by atoms with van der Waals surface area (Å²) in [6.45, 7) is 1.45. The van der Waals surface area contributed by atoms with Gasteiger partial charge in [0, 0.05) is 19.4 Å². The van der Waals surface area contributed by atoms with Crippen molar-refractivity contribution in [3.63, 3.8) is 0 Å². The molecule has 0 heterocycles. The van der Waals surface area contributed by atoms with Gasteiger partial charge in [-0.3, -0.25) is 4.79 Å². The summed E-state index contributed by atoms with van der Waals surface area (Å²) in [7, 11) is 0.